The van der Waals surface area contributed by atoms with Crippen LogP contribution in [0.15, 0.2) is 24.3 Å². The summed E-state index contributed by atoms with van der Waals surface area (Å²) in [5.74, 6) is -1.79. The molecule has 0 aliphatic rings. The lowest BCUT2D eigenvalue weighted by atomic mass is 10.1. The third-order valence-electron chi connectivity index (χ3n) is 6.71. The maximum Gasteiger partial charge on any atom is 0.472 e. The molecular weight excluding hydrogens is 573 g/mol. The van der Waals surface area contributed by atoms with Crippen LogP contribution < -0.4 is 5.73 Å². The maximum absolute atomic E-state index is 12.4. The number of aliphatic carboxylic acids is 1. The average Bonchev–Trinajstić information content (AvgIpc) is 2.97. The highest BCUT2D eigenvalue weighted by Crippen LogP contribution is 2.43. The first-order valence-corrected chi connectivity index (χ1v) is 17.9. The number of carbonyl (C=O) groups excluding carboxylic acids is 1. The number of hydrogen-bond donors (Lipinski definition) is 3. The highest BCUT2D eigenvalue weighted by atomic mass is 31.2. The molecule has 0 aromatic heterocycles. The molecule has 0 rings (SSSR count). The predicted molar refractivity (Wildman–Crippen MR) is 171 cm³/mol. The first-order valence-electron chi connectivity index (χ1n) is 16.4. The Labute approximate surface area is 260 Å². The number of allylic oxidation sites excluding steroid dienone is 4. The second-order valence-electron chi connectivity index (χ2n) is 10.9. The average molecular weight is 634 g/mol. The summed E-state index contributed by atoms with van der Waals surface area (Å²) in [6, 6.07) is -1.47. The van der Waals surface area contributed by atoms with E-state index in [2.05, 4.69) is 42.7 Å². The van der Waals surface area contributed by atoms with Gasteiger partial charge in [-0.05, 0) is 38.5 Å². The molecule has 43 heavy (non-hydrogen) atoms. The van der Waals surface area contributed by atoms with Gasteiger partial charge in [0.25, 0.3) is 0 Å². The van der Waals surface area contributed by atoms with Crippen LogP contribution in [0.1, 0.15) is 129 Å². The van der Waals surface area contributed by atoms with Crippen molar-refractivity contribution in [2.75, 3.05) is 26.4 Å². The smallest absolute Gasteiger partial charge is 0.472 e. The van der Waals surface area contributed by atoms with E-state index < -0.39 is 45.1 Å². The number of unbranched alkanes of at least 4 members (excludes halogenated alkanes) is 13. The zero-order valence-electron chi connectivity index (χ0n) is 26.8. The first-order chi connectivity index (χ1) is 20.7. The molecule has 0 radical (unpaired) electrons. The van der Waals surface area contributed by atoms with Crippen molar-refractivity contribution in [3.63, 3.8) is 0 Å². The zero-order chi connectivity index (χ0) is 32.0. The van der Waals surface area contributed by atoms with Gasteiger partial charge in [-0.2, -0.15) is 0 Å². The second kappa shape index (κ2) is 29.2. The lowest BCUT2D eigenvalue weighted by Crippen LogP contribution is -2.34. The first kappa shape index (κ1) is 41.4. The van der Waals surface area contributed by atoms with Gasteiger partial charge in [0.15, 0.2) is 0 Å². The van der Waals surface area contributed by atoms with Crippen LogP contribution in [0.2, 0.25) is 0 Å². The molecule has 0 aromatic rings. The van der Waals surface area contributed by atoms with Gasteiger partial charge in [-0.25, -0.2) is 4.57 Å². The number of rotatable bonds is 31. The molecule has 0 fully saturated rings. The molecule has 0 saturated carbocycles. The fourth-order valence-corrected chi connectivity index (χ4v) is 4.89. The van der Waals surface area contributed by atoms with Gasteiger partial charge in [0.2, 0.25) is 0 Å². The van der Waals surface area contributed by atoms with Gasteiger partial charge in [-0.15, -0.1) is 0 Å². The Hall–Kier alpha value is -1.55. The van der Waals surface area contributed by atoms with Crippen LogP contribution in [0.3, 0.4) is 0 Å². The SMILES string of the molecule is CCC/C=C\C/C=C\CCCCCCCCOCC(COP(=O)(O)OCC(N)C(=O)O)OC(=O)CCCCCCCCC. The van der Waals surface area contributed by atoms with Crippen LogP contribution in [0.4, 0.5) is 0 Å². The van der Waals surface area contributed by atoms with Gasteiger partial charge in [0.1, 0.15) is 12.1 Å². The normalized spacial score (nSPS) is 14.7. The standard InChI is InChI=1S/C32H60NO9P/c1-3-5-7-9-11-12-13-14-15-16-17-19-21-23-25-39-26-29(27-40-43(37,38)41-28-30(33)32(35)36)42-31(34)24-22-20-18-10-8-6-4-2/h7,9,12-13,29-30H,3-6,8,10-11,14-28,33H2,1-2H3,(H,35,36)(H,37,38)/b9-7-,13-12-. The van der Waals surface area contributed by atoms with Crippen molar-refractivity contribution >= 4 is 19.8 Å². The van der Waals surface area contributed by atoms with Crippen molar-refractivity contribution < 1.29 is 42.7 Å². The maximum atomic E-state index is 12.4. The highest BCUT2D eigenvalue weighted by molar-refractivity contribution is 7.47. The molecule has 0 spiro atoms. The molecule has 252 valence electrons. The van der Waals surface area contributed by atoms with E-state index in [1.165, 1.54) is 44.9 Å². The topological polar surface area (TPSA) is 155 Å². The van der Waals surface area contributed by atoms with E-state index in [1.807, 2.05) is 0 Å². The third-order valence-corrected chi connectivity index (χ3v) is 7.67. The van der Waals surface area contributed by atoms with E-state index in [-0.39, 0.29) is 13.0 Å². The van der Waals surface area contributed by atoms with Gasteiger partial charge >= 0.3 is 19.8 Å². The summed E-state index contributed by atoms with van der Waals surface area (Å²) in [7, 11) is -4.60. The van der Waals surface area contributed by atoms with Crippen molar-refractivity contribution in [1.82, 2.24) is 0 Å². The number of phosphoric ester groups is 1. The van der Waals surface area contributed by atoms with Crippen LogP contribution >= 0.6 is 7.82 Å². The molecule has 0 amide bonds. The molecule has 0 aromatic carbocycles. The number of nitrogens with two attached hydrogens (primary N) is 1. The zero-order valence-corrected chi connectivity index (χ0v) is 27.7. The summed E-state index contributed by atoms with van der Waals surface area (Å²) in [6.45, 7) is 3.71. The summed E-state index contributed by atoms with van der Waals surface area (Å²) in [5.41, 5.74) is 5.31. The highest BCUT2D eigenvalue weighted by Gasteiger charge is 2.27. The molecule has 10 nitrogen and oxygen atoms in total. The van der Waals surface area contributed by atoms with E-state index in [0.29, 0.717) is 13.0 Å². The molecule has 4 N–H and O–H groups in total. The van der Waals surface area contributed by atoms with Crippen LogP contribution in [0.5, 0.6) is 0 Å². The molecular formula is C32H60NO9P. The molecule has 0 heterocycles. The molecule has 0 bridgehead atoms. The van der Waals surface area contributed by atoms with Gasteiger partial charge in [-0.1, -0.05) is 109 Å². The number of carboxylic acids is 1. The minimum absolute atomic E-state index is 0.0113. The van der Waals surface area contributed by atoms with Crippen molar-refractivity contribution in [3.05, 3.63) is 24.3 Å². The Balaban J connectivity index is 4.33. The Morgan fingerprint density at radius 1 is 0.744 bits per heavy atom. The molecule has 0 aliphatic heterocycles. The second-order valence-corrected chi connectivity index (χ2v) is 12.4. The predicted octanol–water partition coefficient (Wildman–Crippen LogP) is 7.63. The van der Waals surface area contributed by atoms with Crippen LogP contribution in [-0.2, 0) is 32.7 Å². The number of hydrogen-bond acceptors (Lipinski definition) is 8. The molecule has 0 aliphatic carbocycles. The number of ether oxygens (including phenoxy) is 2. The Morgan fingerprint density at radius 3 is 1.98 bits per heavy atom. The van der Waals surface area contributed by atoms with Crippen LogP contribution in [-0.4, -0.2) is 60.5 Å². The van der Waals surface area contributed by atoms with E-state index in [9.17, 15) is 19.0 Å². The minimum atomic E-state index is -4.60. The van der Waals surface area contributed by atoms with Crippen molar-refractivity contribution in [1.29, 1.82) is 0 Å². The van der Waals surface area contributed by atoms with Gasteiger partial charge in [0, 0.05) is 13.0 Å². The molecule has 3 unspecified atom stereocenters. The van der Waals surface area contributed by atoms with Crippen molar-refractivity contribution in [2.45, 2.75) is 142 Å². The fraction of sp³-hybridized carbons (Fsp3) is 0.812. The summed E-state index contributed by atoms with van der Waals surface area (Å²) >= 11 is 0. The van der Waals surface area contributed by atoms with E-state index in [1.54, 1.807) is 0 Å². The van der Waals surface area contributed by atoms with Crippen LogP contribution in [0.25, 0.3) is 0 Å². The Bertz CT molecular complexity index is 791. The lowest BCUT2D eigenvalue weighted by molar-refractivity contribution is -0.154. The summed E-state index contributed by atoms with van der Waals surface area (Å²) in [5, 5.41) is 8.81. The van der Waals surface area contributed by atoms with E-state index in [0.717, 1.165) is 57.8 Å². The number of esters is 1. The Morgan fingerprint density at radius 2 is 1.33 bits per heavy atom. The van der Waals surface area contributed by atoms with Crippen LogP contribution in [0, 0.1) is 0 Å². The number of carboxylic acid groups (broad SMARTS) is 1. The summed E-state index contributed by atoms with van der Waals surface area (Å²) < 4.78 is 32.9. The van der Waals surface area contributed by atoms with Gasteiger partial charge < -0.3 is 25.2 Å². The van der Waals surface area contributed by atoms with E-state index >= 15 is 0 Å². The fourth-order valence-electron chi connectivity index (χ4n) is 4.11. The molecule has 3 atom stereocenters. The largest absolute Gasteiger partial charge is 0.480 e. The van der Waals surface area contributed by atoms with E-state index in [4.69, 9.17) is 24.8 Å². The Kier molecular flexibility index (Phi) is 28.1. The number of phosphoric acid groups is 1. The van der Waals surface area contributed by atoms with Gasteiger partial charge in [0.05, 0.1) is 19.8 Å². The number of carbonyl (C=O) groups is 2. The third kappa shape index (κ3) is 28.9. The quantitative estimate of drug-likeness (QED) is 0.0300. The monoisotopic (exact) mass is 633 g/mol. The van der Waals surface area contributed by atoms with Gasteiger partial charge in [-0.3, -0.25) is 18.6 Å². The molecule has 11 heteroatoms. The minimum Gasteiger partial charge on any atom is -0.480 e. The lowest BCUT2D eigenvalue weighted by Gasteiger charge is -2.20. The van der Waals surface area contributed by atoms with Crippen molar-refractivity contribution in [3.8, 4) is 0 Å². The molecule has 0 saturated heterocycles. The summed E-state index contributed by atoms with van der Waals surface area (Å²) in [4.78, 5) is 33.1. The summed E-state index contributed by atoms with van der Waals surface area (Å²) in [6.07, 6.45) is 26.8. The van der Waals surface area contributed by atoms with Crippen molar-refractivity contribution in [2.24, 2.45) is 5.73 Å².